The molecule has 3 nitrogen and oxygen atoms in total. The summed E-state index contributed by atoms with van der Waals surface area (Å²) in [6.07, 6.45) is 5.08. The van der Waals surface area contributed by atoms with Gasteiger partial charge in [-0.15, -0.1) is 0 Å². The van der Waals surface area contributed by atoms with Crippen LogP contribution in [0.15, 0.2) is 24.3 Å². The largest absolute Gasteiger partial charge is 0.497 e. The molecule has 0 aliphatic heterocycles. The number of rotatable bonds is 12. The standard InChI is InChI=1S/C20H36O3Si/c1-5-6-7-13-24(3,4)14-12-19(22)15-18(16-21)17-8-10-20(23-2)11-9-17/h8-11,18-19,21-22H,5-7,12-16H2,1-4H3/t18-,19-/m1/s1. The van der Waals surface area contributed by atoms with E-state index in [9.17, 15) is 10.2 Å². The Bertz CT molecular complexity index is 445. The summed E-state index contributed by atoms with van der Waals surface area (Å²) >= 11 is 0. The van der Waals surface area contributed by atoms with Crippen molar-refractivity contribution >= 4 is 8.07 Å². The van der Waals surface area contributed by atoms with Gasteiger partial charge in [-0.2, -0.15) is 0 Å². The summed E-state index contributed by atoms with van der Waals surface area (Å²) in [5.74, 6) is 0.812. The first kappa shape index (κ1) is 21.2. The molecular formula is C20H36O3Si. The van der Waals surface area contributed by atoms with Crippen LogP contribution in [0.25, 0.3) is 0 Å². The van der Waals surface area contributed by atoms with Gasteiger partial charge in [0.1, 0.15) is 5.75 Å². The maximum absolute atomic E-state index is 10.4. The molecule has 0 saturated carbocycles. The van der Waals surface area contributed by atoms with Crippen LogP contribution in [0, 0.1) is 0 Å². The van der Waals surface area contributed by atoms with Crippen LogP contribution in [0.2, 0.25) is 25.2 Å². The van der Waals surface area contributed by atoms with Gasteiger partial charge >= 0.3 is 0 Å². The van der Waals surface area contributed by atoms with E-state index >= 15 is 0 Å². The Kier molecular flexibility index (Phi) is 9.63. The summed E-state index contributed by atoms with van der Waals surface area (Å²) in [7, 11) is 0.452. The van der Waals surface area contributed by atoms with Crippen molar-refractivity contribution in [2.75, 3.05) is 13.7 Å². The lowest BCUT2D eigenvalue weighted by Gasteiger charge is -2.25. The molecule has 1 aromatic rings. The third-order valence-electron chi connectivity index (χ3n) is 4.98. The van der Waals surface area contributed by atoms with Crippen molar-refractivity contribution in [2.45, 2.75) is 76.2 Å². The lowest BCUT2D eigenvalue weighted by molar-refractivity contribution is 0.134. The Morgan fingerprint density at radius 2 is 1.75 bits per heavy atom. The number of methoxy groups -OCH3 is 1. The molecule has 0 saturated heterocycles. The number of unbranched alkanes of at least 4 members (excludes halogenated alkanes) is 2. The second kappa shape index (κ2) is 10.9. The summed E-state index contributed by atoms with van der Waals surface area (Å²) in [6.45, 7) is 7.18. The van der Waals surface area contributed by atoms with Gasteiger partial charge in [0, 0.05) is 14.0 Å². The smallest absolute Gasteiger partial charge is 0.118 e. The van der Waals surface area contributed by atoms with Gasteiger partial charge in [-0.1, -0.05) is 63.5 Å². The van der Waals surface area contributed by atoms with E-state index in [1.165, 1.54) is 31.4 Å². The molecule has 0 fully saturated rings. The molecular weight excluding hydrogens is 316 g/mol. The molecule has 0 amide bonds. The zero-order valence-electron chi connectivity index (χ0n) is 15.9. The summed E-state index contributed by atoms with van der Waals surface area (Å²) in [5, 5.41) is 20.1. The Labute approximate surface area is 149 Å². The molecule has 24 heavy (non-hydrogen) atoms. The summed E-state index contributed by atoms with van der Waals surface area (Å²) in [4.78, 5) is 0. The first-order valence-electron chi connectivity index (χ1n) is 9.34. The fourth-order valence-electron chi connectivity index (χ4n) is 3.17. The van der Waals surface area contributed by atoms with Crippen molar-refractivity contribution in [3.05, 3.63) is 29.8 Å². The lowest BCUT2D eigenvalue weighted by Crippen LogP contribution is -2.27. The highest BCUT2D eigenvalue weighted by molar-refractivity contribution is 6.77. The lowest BCUT2D eigenvalue weighted by atomic mass is 9.93. The number of hydrogen-bond acceptors (Lipinski definition) is 3. The second-order valence-corrected chi connectivity index (χ2v) is 13.0. The van der Waals surface area contributed by atoms with Gasteiger partial charge in [-0.05, 0) is 30.5 Å². The Hall–Kier alpha value is -0.843. The molecule has 0 aromatic heterocycles. The molecule has 0 heterocycles. The molecule has 0 bridgehead atoms. The number of aliphatic hydroxyl groups is 2. The van der Waals surface area contributed by atoms with Gasteiger partial charge in [0.15, 0.2) is 0 Å². The Morgan fingerprint density at radius 1 is 1.08 bits per heavy atom. The van der Waals surface area contributed by atoms with Crippen molar-refractivity contribution in [2.24, 2.45) is 0 Å². The monoisotopic (exact) mass is 352 g/mol. The van der Waals surface area contributed by atoms with Crippen LogP contribution < -0.4 is 4.74 Å². The van der Waals surface area contributed by atoms with Crippen LogP contribution in [0.3, 0.4) is 0 Å². The first-order chi connectivity index (χ1) is 11.4. The molecule has 0 aliphatic carbocycles. The second-order valence-electron chi connectivity index (χ2n) is 7.70. The van der Waals surface area contributed by atoms with Gasteiger partial charge < -0.3 is 14.9 Å². The average molecular weight is 353 g/mol. The number of aliphatic hydroxyl groups excluding tert-OH is 2. The number of ether oxygens (including phenoxy) is 1. The molecule has 2 atom stereocenters. The highest BCUT2D eigenvalue weighted by atomic mass is 28.3. The van der Waals surface area contributed by atoms with Gasteiger partial charge in [-0.25, -0.2) is 0 Å². The quantitative estimate of drug-likeness (QED) is 0.419. The Morgan fingerprint density at radius 3 is 2.29 bits per heavy atom. The van der Waals surface area contributed by atoms with E-state index in [1.54, 1.807) is 7.11 Å². The van der Waals surface area contributed by atoms with E-state index in [2.05, 4.69) is 20.0 Å². The van der Waals surface area contributed by atoms with Crippen molar-refractivity contribution in [3.8, 4) is 5.75 Å². The Balaban J connectivity index is 2.47. The van der Waals surface area contributed by atoms with E-state index in [0.29, 0.717) is 6.42 Å². The number of benzene rings is 1. The number of hydrogen-bond donors (Lipinski definition) is 2. The normalized spacial score (nSPS) is 14.4. The van der Waals surface area contributed by atoms with Crippen LogP contribution in [0.4, 0.5) is 0 Å². The molecule has 0 radical (unpaired) electrons. The van der Waals surface area contributed by atoms with Crippen LogP contribution >= 0.6 is 0 Å². The summed E-state index contributed by atoms with van der Waals surface area (Å²) in [5.41, 5.74) is 1.07. The fraction of sp³-hybridized carbons (Fsp3) is 0.700. The van der Waals surface area contributed by atoms with Gasteiger partial charge in [0.2, 0.25) is 0 Å². The van der Waals surface area contributed by atoms with Crippen molar-refractivity contribution in [1.82, 2.24) is 0 Å². The molecule has 138 valence electrons. The molecule has 0 unspecified atom stereocenters. The fourth-order valence-corrected chi connectivity index (χ4v) is 5.75. The maximum atomic E-state index is 10.4. The third-order valence-corrected chi connectivity index (χ3v) is 8.32. The minimum atomic E-state index is -1.20. The van der Waals surface area contributed by atoms with E-state index in [4.69, 9.17) is 4.74 Å². The maximum Gasteiger partial charge on any atom is 0.118 e. The molecule has 0 aliphatic rings. The molecule has 4 heteroatoms. The van der Waals surface area contributed by atoms with Crippen LogP contribution in [-0.2, 0) is 0 Å². The van der Waals surface area contributed by atoms with Crippen molar-refractivity contribution < 1.29 is 14.9 Å². The van der Waals surface area contributed by atoms with Crippen molar-refractivity contribution in [1.29, 1.82) is 0 Å². The zero-order valence-corrected chi connectivity index (χ0v) is 16.9. The molecule has 0 spiro atoms. The van der Waals surface area contributed by atoms with Crippen molar-refractivity contribution in [3.63, 3.8) is 0 Å². The molecule has 1 rings (SSSR count). The van der Waals surface area contributed by atoms with E-state index in [1.807, 2.05) is 24.3 Å². The highest BCUT2D eigenvalue weighted by Crippen LogP contribution is 2.27. The minimum Gasteiger partial charge on any atom is -0.497 e. The highest BCUT2D eigenvalue weighted by Gasteiger charge is 2.23. The minimum absolute atomic E-state index is 0.00391. The van der Waals surface area contributed by atoms with E-state index < -0.39 is 8.07 Å². The molecule has 2 N–H and O–H groups in total. The van der Waals surface area contributed by atoms with Crippen LogP contribution in [0.5, 0.6) is 5.75 Å². The topological polar surface area (TPSA) is 49.7 Å². The predicted octanol–water partition coefficient (Wildman–Crippen LogP) is 4.81. The zero-order chi connectivity index (χ0) is 18.0. The van der Waals surface area contributed by atoms with Gasteiger partial charge in [0.05, 0.1) is 19.8 Å². The van der Waals surface area contributed by atoms with E-state index in [0.717, 1.165) is 17.7 Å². The average Bonchev–Trinajstić information content (AvgIpc) is 2.58. The predicted molar refractivity (Wildman–Crippen MR) is 105 cm³/mol. The first-order valence-corrected chi connectivity index (χ1v) is 12.8. The van der Waals surface area contributed by atoms with Crippen LogP contribution in [0.1, 0.15) is 50.5 Å². The van der Waals surface area contributed by atoms with Crippen LogP contribution in [-0.4, -0.2) is 38.1 Å². The van der Waals surface area contributed by atoms with E-state index in [-0.39, 0.29) is 18.6 Å². The summed E-state index contributed by atoms with van der Waals surface area (Å²) in [6, 6.07) is 10.3. The molecule has 1 aromatic carbocycles. The van der Waals surface area contributed by atoms with Gasteiger partial charge in [0.25, 0.3) is 0 Å². The van der Waals surface area contributed by atoms with Gasteiger partial charge in [-0.3, -0.25) is 0 Å². The SMILES string of the molecule is CCCCC[Si](C)(C)CC[C@@H](O)C[C@H](CO)c1ccc(OC)cc1. The summed E-state index contributed by atoms with van der Waals surface area (Å²) < 4.78 is 5.17. The third kappa shape index (κ3) is 7.82.